The van der Waals surface area contributed by atoms with Gasteiger partial charge in [-0.05, 0) is 25.5 Å². The van der Waals surface area contributed by atoms with Crippen LogP contribution in [0.2, 0.25) is 0 Å². The van der Waals surface area contributed by atoms with Crippen LogP contribution >= 0.6 is 0 Å². The minimum atomic E-state index is -1.13. The molecule has 1 aromatic carbocycles. The van der Waals surface area contributed by atoms with Gasteiger partial charge in [0.2, 0.25) is 0 Å². The molecule has 0 radical (unpaired) electrons. The van der Waals surface area contributed by atoms with Crippen LogP contribution in [0.25, 0.3) is 0 Å². The van der Waals surface area contributed by atoms with E-state index in [1.165, 1.54) is 44.2 Å². The minimum Gasteiger partial charge on any atom is -0.481 e. The average molecular weight is 366 g/mol. The molecule has 0 heterocycles. The molecule has 0 unspecified atom stereocenters. The fourth-order valence-corrected chi connectivity index (χ4v) is 2.29. The van der Waals surface area contributed by atoms with E-state index in [4.69, 9.17) is 14.9 Å². The number of carbonyl (C=O) groups excluding carboxylic acids is 1. The molecule has 0 spiro atoms. The molecule has 6 nitrogen and oxygen atoms in total. The zero-order valence-corrected chi connectivity index (χ0v) is 15.7. The molecule has 0 fully saturated rings. The Labute approximate surface area is 155 Å². The third-order valence-electron chi connectivity index (χ3n) is 3.65. The summed E-state index contributed by atoms with van der Waals surface area (Å²) in [5, 5.41) is 17.1. The zero-order chi connectivity index (χ0) is 19.8. The van der Waals surface area contributed by atoms with E-state index in [1.54, 1.807) is 19.1 Å². The summed E-state index contributed by atoms with van der Waals surface area (Å²) in [6.45, 7) is 4.10. The maximum Gasteiger partial charge on any atom is 0.338 e. The quantitative estimate of drug-likeness (QED) is 0.432. The van der Waals surface area contributed by atoms with Crippen LogP contribution in [0.5, 0.6) is 0 Å². The van der Waals surface area contributed by atoms with Crippen LogP contribution in [-0.4, -0.2) is 34.7 Å². The third-order valence-corrected chi connectivity index (χ3v) is 3.65. The van der Waals surface area contributed by atoms with Gasteiger partial charge in [-0.2, -0.15) is 0 Å². The number of unbranched alkanes of at least 4 members (excludes halogenated alkanes) is 6. The third kappa shape index (κ3) is 11.2. The molecule has 1 rings (SSSR count). The van der Waals surface area contributed by atoms with Crippen LogP contribution in [0.15, 0.2) is 24.3 Å². The summed E-state index contributed by atoms with van der Waals surface area (Å²) < 4.78 is 4.72. The van der Waals surface area contributed by atoms with E-state index in [-0.39, 0.29) is 17.7 Å². The maximum absolute atomic E-state index is 11.3. The molecule has 146 valence electrons. The maximum atomic E-state index is 11.3. The SMILES string of the molecule is CCCCCCCCCC(=O)O.CCOC(=O)c1ccccc1C(=O)O. The lowest BCUT2D eigenvalue weighted by atomic mass is 10.1. The molecular weight excluding hydrogens is 336 g/mol. The molecule has 0 aliphatic heterocycles. The molecule has 0 amide bonds. The van der Waals surface area contributed by atoms with Gasteiger partial charge in [0.25, 0.3) is 0 Å². The summed E-state index contributed by atoms with van der Waals surface area (Å²) in [5.74, 6) is -2.40. The number of benzene rings is 1. The highest BCUT2D eigenvalue weighted by atomic mass is 16.5. The van der Waals surface area contributed by atoms with E-state index >= 15 is 0 Å². The lowest BCUT2D eigenvalue weighted by Gasteiger charge is -2.04. The second-order valence-corrected chi connectivity index (χ2v) is 5.84. The van der Waals surface area contributed by atoms with Crippen molar-refractivity contribution in [2.24, 2.45) is 0 Å². The van der Waals surface area contributed by atoms with Gasteiger partial charge < -0.3 is 14.9 Å². The van der Waals surface area contributed by atoms with Crippen molar-refractivity contribution < 1.29 is 29.3 Å². The van der Waals surface area contributed by atoms with Crippen molar-refractivity contribution in [3.8, 4) is 0 Å². The molecule has 2 N–H and O–H groups in total. The topological polar surface area (TPSA) is 101 Å². The minimum absolute atomic E-state index is 0.0362. The lowest BCUT2D eigenvalue weighted by Crippen LogP contribution is -2.11. The molecule has 0 saturated heterocycles. The van der Waals surface area contributed by atoms with Crippen molar-refractivity contribution in [1.29, 1.82) is 0 Å². The smallest absolute Gasteiger partial charge is 0.338 e. The highest BCUT2D eigenvalue weighted by Gasteiger charge is 2.15. The molecular formula is C20H30O6. The first-order valence-electron chi connectivity index (χ1n) is 9.15. The van der Waals surface area contributed by atoms with Crippen molar-refractivity contribution >= 4 is 17.9 Å². The first-order chi connectivity index (χ1) is 12.4. The molecule has 0 saturated carbocycles. The van der Waals surface area contributed by atoms with E-state index in [2.05, 4.69) is 6.92 Å². The number of esters is 1. The van der Waals surface area contributed by atoms with Gasteiger partial charge in [0.1, 0.15) is 0 Å². The van der Waals surface area contributed by atoms with Gasteiger partial charge >= 0.3 is 17.9 Å². The molecule has 26 heavy (non-hydrogen) atoms. The molecule has 0 aliphatic carbocycles. The summed E-state index contributed by atoms with van der Waals surface area (Å²) in [6.07, 6.45) is 8.64. The average Bonchev–Trinajstić information content (AvgIpc) is 2.61. The van der Waals surface area contributed by atoms with Crippen molar-refractivity contribution in [2.75, 3.05) is 6.61 Å². The first kappa shape index (κ1) is 23.6. The number of ether oxygens (including phenoxy) is 1. The number of aliphatic carboxylic acids is 1. The Morgan fingerprint density at radius 2 is 1.38 bits per heavy atom. The molecule has 0 atom stereocenters. The standard InChI is InChI=1S/C10H10O4.C10H20O2/c1-2-14-10(13)8-6-4-3-5-7(8)9(11)12;1-2-3-4-5-6-7-8-9-10(11)12/h3-6H,2H2,1H3,(H,11,12);2-9H2,1H3,(H,11,12). The Morgan fingerprint density at radius 3 is 1.88 bits per heavy atom. The number of hydrogen-bond acceptors (Lipinski definition) is 4. The van der Waals surface area contributed by atoms with Crippen molar-refractivity contribution in [1.82, 2.24) is 0 Å². The summed E-state index contributed by atoms with van der Waals surface area (Å²) >= 11 is 0. The van der Waals surface area contributed by atoms with Crippen LogP contribution in [-0.2, 0) is 9.53 Å². The highest BCUT2D eigenvalue weighted by Crippen LogP contribution is 2.10. The normalized spacial score (nSPS) is 9.77. The Bertz CT molecular complexity index is 553. The molecule has 1 aromatic rings. The van der Waals surface area contributed by atoms with Gasteiger partial charge in [0.15, 0.2) is 0 Å². The van der Waals surface area contributed by atoms with Crippen LogP contribution in [0.4, 0.5) is 0 Å². The van der Waals surface area contributed by atoms with Gasteiger partial charge in [-0.15, -0.1) is 0 Å². The molecule has 0 aromatic heterocycles. The second-order valence-electron chi connectivity index (χ2n) is 5.84. The number of carboxylic acids is 2. The fraction of sp³-hybridized carbons (Fsp3) is 0.550. The number of carboxylic acid groups (broad SMARTS) is 2. The van der Waals surface area contributed by atoms with Crippen LogP contribution in [0.1, 0.15) is 85.9 Å². The highest BCUT2D eigenvalue weighted by molar-refractivity contribution is 6.02. The number of carbonyl (C=O) groups is 3. The fourth-order valence-electron chi connectivity index (χ4n) is 2.29. The van der Waals surface area contributed by atoms with Gasteiger partial charge in [0.05, 0.1) is 17.7 Å². The van der Waals surface area contributed by atoms with Crippen LogP contribution < -0.4 is 0 Å². The van der Waals surface area contributed by atoms with Gasteiger partial charge in [-0.25, -0.2) is 9.59 Å². The molecule has 6 heteroatoms. The zero-order valence-electron chi connectivity index (χ0n) is 15.7. The Kier molecular flexibility index (Phi) is 13.6. The second kappa shape index (κ2) is 14.9. The summed E-state index contributed by atoms with van der Waals surface area (Å²) in [6, 6.07) is 5.96. The predicted octanol–water partition coefficient (Wildman–Crippen LogP) is 4.77. The van der Waals surface area contributed by atoms with Gasteiger partial charge in [-0.1, -0.05) is 57.6 Å². The molecule has 0 aliphatic rings. The molecule has 0 bridgehead atoms. The van der Waals surface area contributed by atoms with Crippen molar-refractivity contribution in [3.63, 3.8) is 0 Å². The Hall–Kier alpha value is -2.37. The number of hydrogen-bond donors (Lipinski definition) is 2. The van der Waals surface area contributed by atoms with Crippen LogP contribution in [0.3, 0.4) is 0 Å². The summed E-state index contributed by atoms with van der Waals surface area (Å²) in [7, 11) is 0. The van der Waals surface area contributed by atoms with Gasteiger partial charge in [0, 0.05) is 6.42 Å². The number of rotatable bonds is 11. The lowest BCUT2D eigenvalue weighted by molar-refractivity contribution is -0.137. The van der Waals surface area contributed by atoms with Gasteiger partial charge in [-0.3, -0.25) is 4.79 Å². The monoisotopic (exact) mass is 366 g/mol. The first-order valence-corrected chi connectivity index (χ1v) is 9.15. The Balaban J connectivity index is 0.000000488. The van der Waals surface area contributed by atoms with E-state index in [1.807, 2.05) is 0 Å². The van der Waals surface area contributed by atoms with Crippen molar-refractivity contribution in [2.45, 2.75) is 65.2 Å². The van der Waals surface area contributed by atoms with E-state index in [0.717, 1.165) is 12.8 Å². The van der Waals surface area contributed by atoms with Crippen LogP contribution in [0, 0.1) is 0 Å². The predicted molar refractivity (Wildman–Crippen MR) is 99.6 cm³/mol. The summed E-state index contributed by atoms with van der Waals surface area (Å²) in [5.41, 5.74) is 0.0489. The Morgan fingerprint density at radius 1 is 0.846 bits per heavy atom. The largest absolute Gasteiger partial charge is 0.481 e. The summed E-state index contributed by atoms with van der Waals surface area (Å²) in [4.78, 5) is 32.1. The van der Waals surface area contributed by atoms with E-state index in [0.29, 0.717) is 6.42 Å². The number of aromatic carboxylic acids is 1. The van der Waals surface area contributed by atoms with Crippen molar-refractivity contribution in [3.05, 3.63) is 35.4 Å². The van der Waals surface area contributed by atoms with E-state index < -0.39 is 17.9 Å². The van der Waals surface area contributed by atoms with E-state index in [9.17, 15) is 14.4 Å².